The smallest absolute Gasteiger partial charge is 0.0439 e. The molecule has 0 amide bonds. The molecule has 0 saturated heterocycles. The number of hydrogen-bond donors (Lipinski definition) is 0. The molecule has 1 rings (SSSR count). The van der Waals surface area contributed by atoms with Crippen molar-refractivity contribution in [1.82, 2.24) is 4.98 Å². The largest absolute Gasteiger partial charge is 0.262 e. The molecule has 1 nitrogen and oxygen atoms in total. The van der Waals surface area contributed by atoms with Crippen LogP contribution in [0.2, 0.25) is 0 Å². The lowest BCUT2D eigenvalue weighted by Crippen LogP contribution is -2.03. The zero-order chi connectivity index (χ0) is 16.3. The van der Waals surface area contributed by atoms with E-state index in [1.54, 1.807) is 6.20 Å². The number of nitrogens with zero attached hydrogens (tertiary/aromatic N) is 1. The summed E-state index contributed by atoms with van der Waals surface area (Å²) in [5.74, 6) is 6.42. The lowest BCUT2D eigenvalue weighted by Gasteiger charge is -2.17. The molecule has 122 valence electrons. The third kappa shape index (κ3) is 10.9. The van der Waals surface area contributed by atoms with Crippen molar-refractivity contribution in [2.45, 2.75) is 78.6 Å². The van der Waals surface area contributed by atoms with Crippen LogP contribution in [-0.2, 0) is 0 Å². The minimum atomic E-state index is 0.503. The topological polar surface area (TPSA) is 12.9 Å². The van der Waals surface area contributed by atoms with Gasteiger partial charge in [0, 0.05) is 28.9 Å². The molecule has 1 heterocycles. The summed E-state index contributed by atoms with van der Waals surface area (Å²) in [4.78, 5) is 4.11. The van der Waals surface area contributed by atoms with E-state index in [9.17, 15) is 0 Å². The Morgan fingerprint density at radius 1 is 0.955 bits per heavy atom. The van der Waals surface area contributed by atoms with Crippen molar-refractivity contribution in [3.8, 4) is 11.8 Å². The fourth-order valence-corrected chi connectivity index (χ4v) is 2.76. The van der Waals surface area contributed by atoms with E-state index in [0.717, 1.165) is 16.5 Å². The average Bonchev–Trinajstić information content (AvgIpc) is 2.43. The predicted molar refractivity (Wildman–Crippen MR) is 99.8 cm³/mol. The first-order valence-electron chi connectivity index (χ1n) is 8.57. The third-order valence-electron chi connectivity index (χ3n) is 3.67. The molecule has 0 aromatic carbocycles. The highest BCUT2D eigenvalue weighted by Crippen LogP contribution is 2.22. The molecule has 1 aromatic heterocycles. The van der Waals surface area contributed by atoms with Crippen LogP contribution in [-0.4, -0.2) is 4.98 Å². The van der Waals surface area contributed by atoms with E-state index in [2.05, 4.69) is 53.5 Å². The first-order chi connectivity index (χ1) is 10.5. The normalized spacial score (nSPS) is 11.1. The summed E-state index contributed by atoms with van der Waals surface area (Å²) in [6.45, 7) is 6.99. The van der Waals surface area contributed by atoms with Crippen molar-refractivity contribution in [2.24, 2.45) is 5.41 Å². The van der Waals surface area contributed by atoms with E-state index in [1.807, 2.05) is 12.3 Å². The molecule has 22 heavy (non-hydrogen) atoms. The summed E-state index contributed by atoms with van der Waals surface area (Å²) in [6.07, 6.45) is 15.4. The van der Waals surface area contributed by atoms with E-state index in [0.29, 0.717) is 5.41 Å². The Balaban J connectivity index is 1.96. The van der Waals surface area contributed by atoms with Crippen LogP contribution >= 0.6 is 15.9 Å². The maximum atomic E-state index is 4.11. The molecule has 0 atom stereocenters. The zero-order valence-electron chi connectivity index (χ0n) is 14.4. The molecule has 1 aromatic rings. The summed E-state index contributed by atoms with van der Waals surface area (Å²) >= 11 is 3.41. The van der Waals surface area contributed by atoms with Crippen LogP contribution in [0.4, 0.5) is 0 Å². The maximum absolute atomic E-state index is 4.11. The van der Waals surface area contributed by atoms with Crippen molar-refractivity contribution in [3.63, 3.8) is 0 Å². The Bertz CT molecular complexity index is 476. The lowest BCUT2D eigenvalue weighted by atomic mass is 9.89. The minimum Gasteiger partial charge on any atom is -0.262 e. The van der Waals surface area contributed by atoms with E-state index < -0.39 is 0 Å². The van der Waals surface area contributed by atoms with Crippen molar-refractivity contribution >= 4 is 15.9 Å². The van der Waals surface area contributed by atoms with Gasteiger partial charge in [-0.25, -0.2) is 0 Å². The molecule has 0 aliphatic rings. The standard InChI is InChI=1S/C20H30BrN/c1-20(2,3)14-12-10-8-6-4-5-7-9-11-13-18-15-19(21)17-22-16-18/h15-17H,4-10,12,14H2,1-3H3. The first kappa shape index (κ1) is 19.2. The molecule has 0 N–H and O–H groups in total. The molecule has 0 spiro atoms. The van der Waals surface area contributed by atoms with Crippen molar-refractivity contribution < 1.29 is 0 Å². The number of halogens is 1. The summed E-state index contributed by atoms with van der Waals surface area (Å²) in [6, 6.07) is 2.01. The fraction of sp³-hybridized carbons (Fsp3) is 0.650. The van der Waals surface area contributed by atoms with Gasteiger partial charge in [0.15, 0.2) is 0 Å². The van der Waals surface area contributed by atoms with Gasteiger partial charge in [-0.1, -0.05) is 71.1 Å². The Labute approximate surface area is 145 Å². The number of rotatable bonds is 8. The van der Waals surface area contributed by atoms with Crippen LogP contribution in [0, 0.1) is 17.3 Å². The van der Waals surface area contributed by atoms with Gasteiger partial charge in [-0.3, -0.25) is 4.98 Å². The summed E-state index contributed by atoms with van der Waals surface area (Å²) in [5, 5.41) is 0. The number of hydrogen-bond acceptors (Lipinski definition) is 1. The summed E-state index contributed by atoms with van der Waals surface area (Å²) in [5.41, 5.74) is 1.50. The highest BCUT2D eigenvalue weighted by Gasteiger charge is 2.08. The molecule has 0 aliphatic heterocycles. The summed E-state index contributed by atoms with van der Waals surface area (Å²) < 4.78 is 0.991. The predicted octanol–water partition coefficient (Wildman–Crippen LogP) is 6.75. The van der Waals surface area contributed by atoms with Crippen molar-refractivity contribution in [2.75, 3.05) is 0 Å². The monoisotopic (exact) mass is 363 g/mol. The molecule has 0 bridgehead atoms. The maximum Gasteiger partial charge on any atom is 0.0439 e. The van der Waals surface area contributed by atoms with Crippen LogP contribution in [0.15, 0.2) is 22.9 Å². The molecule has 0 unspecified atom stereocenters. The van der Waals surface area contributed by atoms with E-state index in [1.165, 1.54) is 51.4 Å². The molecule has 2 heteroatoms. The second-order valence-electron chi connectivity index (χ2n) is 7.23. The molecule has 0 fully saturated rings. The van der Waals surface area contributed by atoms with Gasteiger partial charge in [-0.15, -0.1) is 0 Å². The summed E-state index contributed by atoms with van der Waals surface area (Å²) in [7, 11) is 0. The minimum absolute atomic E-state index is 0.503. The quantitative estimate of drug-likeness (QED) is 0.367. The zero-order valence-corrected chi connectivity index (χ0v) is 16.0. The van der Waals surface area contributed by atoms with Crippen LogP contribution in [0.25, 0.3) is 0 Å². The Kier molecular flexibility index (Phi) is 9.48. The molecule has 0 saturated carbocycles. The van der Waals surface area contributed by atoms with Crippen LogP contribution in [0.1, 0.15) is 84.1 Å². The Hall–Kier alpha value is -0.810. The van der Waals surface area contributed by atoms with E-state index in [4.69, 9.17) is 0 Å². The number of pyridine rings is 1. The molecular formula is C20H30BrN. The van der Waals surface area contributed by atoms with Gasteiger partial charge in [0.2, 0.25) is 0 Å². The van der Waals surface area contributed by atoms with Crippen LogP contribution in [0.5, 0.6) is 0 Å². The third-order valence-corrected chi connectivity index (χ3v) is 4.10. The Morgan fingerprint density at radius 2 is 1.59 bits per heavy atom. The second kappa shape index (κ2) is 10.8. The van der Waals surface area contributed by atoms with Gasteiger partial charge in [0.05, 0.1) is 0 Å². The van der Waals surface area contributed by atoms with Crippen molar-refractivity contribution in [3.05, 3.63) is 28.5 Å². The van der Waals surface area contributed by atoms with Gasteiger partial charge >= 0.3 is 0 Å². The first-order valence-corrected chi connectivity index (χ1v) is 9.36. The van der Waals surface area contributed by atoms with Crippen molar-refractivity contribution in [1.29, 1.82) is 0 Å². The van der Waals surface area contributed by atoms with Gasteiger partial charge in [0.1, 0.15) is 0 Å². The highest BCUT2D eigenvalue weighted by molar-refractivity contribution is 9.10. The lowest BCUT2D eigenvalue weighted by molar-refractivity contribution is 0.356. The number of aromatic nitrogens is 1. The van der Waals surface area contributed by atoms with Crippen LogP contribution in [0.3, 0.4) is 0 Å². The highest BCUT2D eigenvalue weighted by atomic mass is 79.9. The van der Waals surface area contributed by atoms with Gasteiger partial charge in [-0.2, -0.15) is 0 Å². The van der Waals surface area contributed by atoms with E-state index >= 15 is 0 Å². The average molecular weight is 364 g/mol. The molecular weight excluding hydrogens is 334 g/mol. The molecule has 0 aliphatic carbocycles. The van der Waals surface area contributed by atoms with Gasteiger partial charge in [0.25, 0.3) is 0 Å². The fourth-order valence-electron chi connectivity index (χ4n) is 2.40. The number of unbranched alkanes of at least 4 members (excludes halogenated alkanes) is 7. The van der Waals surface area contributed by atoms with Gasteiger partial charge < -0.3 is 0 Å². The van der Waals surface area contributed by atoms with Crippen LogP contribution < -0.4 is 0 Å². The molecule has 0 radical (unpaired) electrons. The van der Waals surface area contributed by atoms with E-state index in [-0.39, 0.29) is 0 Å². The second-order valence-corrected chi connectivity index (χ2v) is 8.14. The Morgan fingerprint density at radius 3 is 2.23 bits per heavy atom. The SMILES string of the molecule is CC(C)(C)CCCCCCCCCC#Cc1cncc(Br)c1. The van der Waals surface area contributed by atoms with Gasteiger partial charge in [-0.05, 0) is 40.3 Å².